The number of halogens is 1. The lowest BCUT2D eigenvalue weighted by Gasteiger charge is -2.16. The van der Waals surface area contributed by atoms with Crippen LogP contribution in [0.1, 0.15) is 40.0 Å². The Bertz CT molecular complexity index is 637. The van der Waals surface area contributed by atoms with Crippen LogP contribution in [0.2, 0.25) is 0 Å². The van der Waals surface area contributed by atoms with Gasteiger partial charge in [0.1, 0.15) is 5.82 Å². The maximum absolute atomic E-state index is 13.5. The zero-order chi connectivity index (χ0) is 14.7. The average Bonchev–Trinajstić information content (AvgIpc) is 2.42. The smallest absolute Gasteiger partial charge is 0.254 e. The van der Waals surface area contributed by atoms with E-state index < -0.39 is 11.7 Å². The predicted molar refractivity (Wildman–Crippen MR) is 78.2 cm³/mol. The van der Waals surface area contributed by atoms with Crippen molar-refractivity contribution in [3.05, 3.63) is 70.5 Å². The number of aryl methyl sites for hydroxylation is 2. The van der Waals surface area contributed by atoms with E-state index in [0.717, 1.165) is 5.56 Å². The lowest BCUT2D eigenvalue weighted by atomic mass is 10.0. The fourth-order valence-electron chi connectivity index (χ4n) is 2.04. The van der Waals surface area contributed by atoms with Crippen LogP contribution >= 0.6 is 0 Å². The highest BCUT2D eigenvalue weighted by atomic mass is 19.1. The molecule has 104 valence electrons. The van der Waals surface area contributed by atoms with Crippen molar-refractivity contribution in [1.82, 2.24) is 5.32 Å². The molecule has 0 heterocycles. The average molecular weight is 271 g/mol. The lowest BCUT2D eigenvalue weighted by molar-refractivity contribution is 0.0936. The second-order valence-corrected chi connectivity index (χ2v) is 5.02. The highest BCUT2D eigenvalue weighted by Gasteiger charge is 2.14. The third-order valence-corrected chi connectivity index (χ3v) is 3.50. The van der Waals surface area contributed by atoms with Crippen molar-refractivity contribution in [2.45, 2.75) is 26.8 Å². The molecule has 20 heavy (non-hydrogen) atoms. The van der Waals surface area contributed by atoms with E-state index in [1.165, 1.54) is 23.3 Å². The van der Waals surface area contributed by atoms with E-state index in [1.54, 1.807) is 12.1 Å². The molecule has 1 amide bonds. The predicted octanol–water partition coefficient (Wildman–Crippen LogP) is 3.93. The van der Waals surface area contributed by atoms with E-state index in [4.69, 9.17) is 0 Å². The zero-order valence-electron chi connectivity index (χ0n) is 11.9. The second kappa shape index (κ2) is 5.87. The molecule has 1 unspecified atom stereocenters. The first-order valence-corrected chi connectivity index (χ1v) is 6.61. The maximum Gasteiger partial charge on any atom is 0.254 e. The van der Waals surface area contributed by atoms with Crippen LogP contribution < -0.4 is 5.32 Å². The monoisotopic (exact) mass is 271 g/mol. The Labute approximate surface area is 118 Å². The molecule has 0 aliphatic carbocycles. The van der Waals surface area contributed by atoms with Gasteiger partial charge in [0.2, 0.25) is 0 Å². The van der Waals surface area contributed by atoms with E-state index in [2.05, 4.69) is 5.32 Å². The van der Waals surface area contributed by atoms with Gasteiger partial charge in [0, 0.05) is 0 Å². The summed E-state index contributed by atoms with van der Waals surface area (Å²) >= 11 is 0. The first-order valence-electron chi connectivity index (χ1n) is 6.61. The van der Waals surface area contributed by atoms with Gasteiger partial charge in [-0.15, -0.1) is 0 Å². The Morgan fingerprint density at radius 3 is 2.45 bits per heavy atom. The van der Waals surface area contributed by atoms with Crippen LogP contribution in [0.5, 0.6) is 0 Å². The first-order chi connectivity index (χ1) is 9.49. The Hall–Kier alpha value is -2.16. The molecular weight excluding hydrogens is 253 g/mol. The number of carbonyl (C=O) groups excluding carboxylic acids is 1. The van der Waals surface area contributed by atoms with Crippen LogP contribution in [0.15, 0.2) is 42.5 Å². The molecule has 0 aliphatic heterocycles. The molecular formula is C17H18FNO. The number of nitrogens with one attached hydrogen (secondary N) is 1. The minimum absolute atomic E-state index is 0.0724. The Kier molecular flexibility index (Phi) is 4.18. The summed E-state index contributed by atoms with van der Waals surface area (Å²) < 4.78 is 13.5. The van der Waals surface area contributed by atoms with Gasteiger partial charge in [0.15, 0.2) is 0 Å². The molecule has 2 nitrogen and oxygen atoms in total. The van der Waals surface area contributed by atoms with Crippen molar-refractivity contribution < 1.29 is 9.18 Å². The van der Waals surface area contributed by atoms with Crippen molar-refractivity contribution in [3.8, 4) is 0 Å². The minimum Gasteiger partial charge on any atom is -0.345 e. The molecule has 1 atom stereocenters. The topological polar surface area (TPSA) is 29.1 Å². The molecule has 0 spiro atoms. The molecule has 0 aliphatic rings. The van der Waals surface area contributed by atoms with Gasteiger partial charge in [-0.3, -0.25) is 4.79 Å². The van der Waals surface area contributed by atoms with Crippen LogP contribution in [-0.4, -0.2) is 5.91 Å². The molecule has 0 aromatic heterocycles. The third kappa shape index (κ3) is 3.05. The molecule has 0 saturated carbocycles. The molecule has 0 fully saturated rings. The normalized spacial score (nSPS) is 12.0. The van der Waals surface area contributed by atoms with Crippen molar-refractivity contribution in [2.75, 3.05) is 0 Å². The number of hydrogen-bond acceptors (Lipinski definition) is 1. The molecule has 0 saturated heterocycles. The Morgan fingerprint density at radius 1 is 1.10 bits per heavy atom. The summed E-state index contributed by atoms with van der Waals surface area (Å²) in [7, 11) is 0. The van der Waals surface area contributed by atoms with Gasteiger partial charge >= 0.3 is 0 Å². The summed E-state index contributed by atoms with van der Waals surface area (Å²) in [6, 6.07) is 11.9. The molecule has 3 heteroatoms. The van der Waals surface area contributed by atoms with Crippen LogP contribution in [-0.2, 0) is 0 Å². The standard InChI is InChI=1S/C17H18FNO/c1-11-8-9-14(10-12(11)2)13(3)19-17(20)15-6-4-5-7-16(15)18/h4-10,13H,1-3H3,(H,19,20). The van der Waals surface area contributed by atoms with E-state index in [9.17, 15) is 9.18 Å². The van der Waals surface area contributed by atoms with E-state index in [0.29, 0.717) is 0 Å². The van der Waals surface area contributed by atoms with Gasteiger partial charge in [-0.25, -0.2) is 4.39 Å². The molecule has 1 N–H and O–H groups in total. The van der Waals surface area contributed by atoms with E-state index >= 15 is 0 Å². The van der Waals surface area contributed by atoms with Crippen LogP contribution in [0, 0.1) is 19.7 Å². The number of benzene rings is 2. The number of amides is 1. The van der Waals surface area contributed by atoms with Gasteiger partial charge in [-0.2, -0.15) is 0 Å². The number of hydrogen-bond donors (Lipinski definition) is 1. The summed E-state index contributed by atoms with van der Waals surface area (Å²) in [6.07, 6.45) is 0. The molecule has 2 aromatic carbocycles. The summed E-state index contributed by atoms with van der Waals surface area (Å²) in [5.74, 6) is -0.897. The Morgan fingerprint density at radius 2 is 1.80 bits per heavy atom. The molecule has 2 rings (SSSR count). The number of rotatable bonds is 3. The minimum atomic E-state index is -0.503. The van der Waals surface area contributed by atoms with E-state index in [-0.39, 0.29) is 11.6 Å². The zero-order valence-corrected chi connectivity index (χ0v) is 11.9. The second-order valence-electron chi connectivity index (χ2n) is 5.02. The maximum atomic E-state index is 13.5. The van der Waals surface area contributed by atoms with Gasteiger partial charge in [0.05, 0.1) is 11.6 Å². The van der Waals surface area contributed by atoms with Crippen molar-refractivity contribution in [1.29, 1.82) is 0 Å². The SMILES string of the molecule is Cc1ccc(C(C)NC(=O)c2ccccc2F)cc1C. The van der Waals surface area contributed by atoms with E-state index in [1.807, 2.05) is 39.0 Å². The highest BCUT2D eigenvalue weighted by Crippen LogP contribution is 2.17. The van der Waals surface area contributed by atoms with Gasteiger partial charge in [-0.1, -0.05) is 30.3 Å². The molecule has 2 aromatic rings. The van der Waals surface area contributed by atoms with Crippen LogP contribution in [0.25, 0.3) is 0 Å². The number of carbonyl (C=O) groups is 1. The summed E-state index contributed by atoms with van der Waals surface area (Å²) in [5, 5.41) is 2.82. The van der Waals surface area contributed by atoms with Gasteiger partial charge < -0.3 is 5.32 Å². The first kappa shape index (κ1) is 14.3. The summed E-state index contributed by atoms with van der Waals surface area (Å²) in [6.45, 7) is 5.97. The molecule has 0 bridgehead atoms. The molecule has 0 radical (unpaired) electrons. The fraction of sp³-hybridized carbons (Fsp3) is 0.235. The van der Waals surface area contributed by atoms with Crippen molar-refractivity contribution in [3.63, 3.8) is 0 Å². The summed E-state index contributed by atoms with van der Waals surface area (Å²) in [4.78, 5) is 12.0. The lowest BCUT2D eigenvalue weighted by Crippen LogP contribution is -2.27. The Balaban J connectivity index is 2.15. The largest absolute Gasteiger partial charge is 0.345 e. The van der Waals surface area contributed by atoms with Gasteiger partial charge in [-0.05, 0) is 49.6 Å². The quantitative estimate of drug-likeness (QED) is 0.900. The fourth-order valence-corrected chi connectivity index (χ4v) is 2.04. The van der Waals surface area contributed by atoms with Crippen LogP contribution in [0.3, 0.4) is 0 Å². The van der Waals surface area contributed by atoms with Crippen molar-refractivity contribution in [2.24, 2.45) is 0 Å². The van der Waals surface area contributed by atoms with Crippen LogP contribution in [0.4, 0.5) is 4.39 Å². The van der Waals surface area contributed by atoms with Gasteiger partial charge in [0.25, 0.3) is 5.91 Å². The highest BCUT2D eigenvalue weighted by molar-refractivity contribution is 5.94. The third-order valence-electron chi connectivity index (χ3n) is 3.50. The van der Waals surface area contributed by atoms with Crippen molar-refractivity contribution >= 4 is 5.91 Å². The summed E-state index contributed by atoms with van der Waals surface area (Å²) in [5.41, 5.74) is 3.47.